The van der Waals surface area contributed by atoms with E-state index in [1.165, 1.54) is 37.4 Å². The molecule has 0 saturated heterocycles. The molecule has 0 atom stereocenters. The maximum absolute atomic E-state index is 13.1. The number of sulfone groups is 1. The molecule has 8 heteroatoms. The average molecular weight is 432 g/mol. The lowest BCUT2D eigenvalue weighted by atomic mass is 10.1. The zero-order valence-electron chi connectivity index (χ0n) is 17.2. The van der Waals surface area contributed by atoms with Crippen molar-refractivity contribution in [3.63, 3.8) is 0 Å². The van der Waals surface area contributed by atoms with Gasteiger partial charge in [-0.2, -0.15) is 0 Å². The van der Waals surface area contributed by atoms with Gasteiger partial charge in [-0.05, 0) is 30.7 Å². The summed E-state index contributed by atoms with van der Waals surface area (Å²) in [5, 5.41) is 0.237. The lowest BCUT2D eigenvalue weighted by Gasteiger charge is -2.11. The van der Waals surface area contributed by atoms with Gasteiger partial charge in [0.05, 0.1) is 34.9 Å². The van der Waals surface area contributed by atoms with Crippen LogP contribution in [-0.2, 0) is 14.6 Å². The normalized spacial score (nSPS) is 11.7. The lowest BCUT2D eigenvalue weighted by molar-refractivity contribution is 0.0601. The van der Waals surface area contributed by atoms with E-state index >= 15 is 0 Å². The van der Waals surface area contributed by atoms with Gasteiger partial charge in [0.2, 0.25) is 5.43 Å². The van der Waals surface area contributed by atoms with Crippen molar-refractivity contribution in [3.05, 3.63) is 46.1 Å². The van der Waals surface area contributed by atoms with Crippen LogP contribution in [0.2, 0.25) is 0 Å². The van der Waals surface area contributed by atoms with E-state index in [0.29, 0.717) is 6.61 Å². The molecule has 0 radical (unpaired) electrons. The molecule has 1 aromatic heterocycles. The summed E-state index contributed by atoms with van der Waals surface area (Å²) in [4.78, 5) is 24.9. The van der Waals surface area contributed by atoms with Crippen molar-refractivity contribution in [2.24, 2.45) is 0 Å². The topological polar surface area (TPSA) is 99.9 Å². The first-order chi connectivity index (χ1) is 14.3. The molecule has 2 aromatic carbocycles. The van der Waals surface area contributed by atoms with Crippen molar-refractivity contribution in [1.82, 2.24) is 0 Å². The van der Waals surface area contributed by atoms with Gasteiger partial charge in [-0.3, -0.25) is 4.79 Å². The molecule has 0 spiro atoms. The molecule has 1 heterocycles. The number of carbonyl (C=O) groups is 1. The fraction of sp³-hybridized carbons (Fsp3) is 0.364. The first-order valence-corrected chi connectivity index (χ1v) is 11.6. The van der Waals surface area contributed by atoms with Gasteiger partial charge >= 0.3 is 5.97 Å². The maximum Gasteiger partial charge on any atom is 0.337 e. The summed E-state index contributed by atoms with van der Waals surface area (Å²) in [6.45, 7) is 2.49. The summed E-state index contributed by atoms with van der Waals surface area (Å²) in [5.41, 5.74) is 0.200. The van der Waals surface area contributed by atoms with Crippen molar-refractivity contribution < 1.29 is 27.1 Å². The van der Waals surface area contributed by atoms with Crippen LogP contribution in [-0.4, -0.2) is 34.4 Å². The highest BCUT2D eigenvalue weighted by Crippen LogP contribution is 2.31. The van der Waals surface area contributed by atoms with Gasteiger partial charge < -0.3 is 13.9 Å². The smallest absolute Gasteiger partial charge is 0.337 e. The molecular weight excluding hydrogens is 408 g/mol. The van der Waals surface area contributed by atoms with Crippen molar-refractivity contribution in [2.45, 2.75) is 37.5 Å². The predicted octanol–water partition coefficient (Wildman–Crippen LogP) is 4.10. The molecule has 3 rings (SSSR count). The average Bonchev–Trinajstić information content (AvgIpc) is 2.72. The van der Waals surface area contributed by atoms with E-state index in [-0.39, 0.29) is 38.1 Å². The van der Waals surface area contributed by atoms with Gasteiger partial charge in [-0.25, -0.2) is 13.2 Å². The molecule has 0 fully saturated rings. The van der Waals surface area contributed by atoms with Gasteiger partial charge in [-0.15, -0.1) is 0 Å². The number of methoxy groups -OCH3 is 1. The molecule has 0 unspecified atom stereocenters. The van der Waals surface area contributed by atoms with E-state index in [2.05, 4.69) is 6.92 Å². The number of ether oxygens (including phenoxy) is 2. The fourth-order valence-corrected chi connectivity index (χ4v) is 3.83. The Balaban J connectivity index is 2.19. The second-order valence-electron chi connectivity index (χ2n) is 7.11. The quantitative estimate of drug-likeness (QED) is 0.300. The van der Waals surface area contributed by atoms with E-state index in [1.54, 1.807) is 0 Å². The largest absolute Gasteiger partial charge is 0.490 e. The van der Waals surface area contributed by atoms with Crippen molar-refractivity contribution >= 4 is 37.7 Å². The SMILES string of the molecule is CCCCCCOc1cc(S(C)(=O)=O)cc2c(=O)c3cc(C(=O)OC)ccc3oc12. The van der Waals surface area contributed by atoms with Crippen LogP contribution in [0.25, 0.3) is 21.9 Å². The molecule has 3 aromatic rings. The first-order valence-electron chi connectivity index (χ1n) is 9.72. The van der Waals surface area contributed by atoms with Crippen molar-refractivity contribution in [1.29, 1.82) is 0 Å². The molecule has 7 nitrogen and oxygen atoms in total. The van der Waals surface area contributed by atoms with E-state index in [0.717, 1.165) is 31.9 Å². The van der Waals surface area contributed by atoms with Gasteiger partial charge in [-0.1, -0.05) is 26.2 Å². The van der Waals surface area contributed by atoms with Crippen LogP contribution in [0.1, 0.15) is 43.0 Å². The third kappa shape index (κ3) is 4.48. The number of carbonyl (C=O) groups excluding carboxylic acids is 1. The highest BCUT2D eigenvalue weighted by Gasteiger charge is 2.19. The number of esters is 1. The van der Waals surface area contributed by atoms with Crippen LogP contribution in [0.5, 0.6) is 5.75 Å². The van der Waals surface area contributed by atoms with E-state index in [1.807, 2.05) is 0 Å². The Kier molecular flexibility index (Phi) is 6.45. The summed E-state index contributed by atoms with van der Waals surface area (Å²) in [6, 6.07) is 7.06. The number of hydrogen-bond acceptors (Lipinski definition) is 7. The second kappa shape index (κ2) is 8.87. The lowest BCUT2D eigenvalue weighted by Crippen LogP contribution is -2.09. The molecule has 0 aliphatic heterocycles. The van der Waals surface area contributed by atoms with Crippen LogP contribution in [0.3, 0.4) is 0 Å². The Morgan fingerprint density at radius 2 is 1.83 bits per heavy atom. The molecule has 0 aliphatic carbocycles. The van der Waals surface area contributed by atoms with E-state index < -0.39 is 21.2 Å². The van der Waals surface area contributed by atoms with Crippen LogP contribution < -0.4 is 10.2 Å². The van der Waals surface area contributed by atoms with Crippen molar-refractivity contribution in [2.75, 3.05) is 20.0 Å². The Morgan fingerprint density at radius 1 is 1.07 bits per heavy atom. The van der Waals surface area contributed by atoms with Gasteiger partial charge in [0.1, 0.15) is 5.58 Å². The van der Waals surface area contributed by atoms with E-state index in [4.69, 9.17) is 13.9 Å². The second-order valence-corrected chi connectivity index (χ2v) is 9.13. The number of fused-ring (bicyclic) bond motifs is 2. The zero-order chi connectivity index (χ0) is 21.9. The third-order valence-electron chi connectivity index (χ3n) is 4.81. The summed E-state index contributed by atoms with van der Waals surface area (Å²) < 4.78 is 40.7. The predicted molar refractivity (Wildman–Crippen MR) is 114 cm³/mol. The summed E-state index contributed by atoms with van der Waals surface area (Å²) in [5.74, 6) is -0.377. The molecule has 0 N–H and O–H groups in total. The Labute approximate surface area is 174 Å². The Hall–Kier alpha value is -2.87. The maximum atomic E-state index is 13.1. The minimum Gasteiger partial charge on any atom is -0.490 e. The molecular formula is C22H24O7S. The molecule has 0 amide bonds. The molecule has 0 aliphatic rings. The van der Waals surface area contributed by atoms with Crippen LogP contribution in [0, 0.1) is 0 Å². The number of unbranched alkanes of at least 4 members (excludes halogenated alkanes) is 3. The zero-order valence-corrected chi connectivity index (χ0v) is 18.0. The summed E-state index contributed by atoms with van der Waals surface area (Å²) in [7, 11) is -2.34. The first kappa shape index (κ1) is 21.8. The molecule has 0 saturated carbocycles. The number of hydrogen-bond donors (Lipinski definition) is 0. The van der Waals surface area contributed by atoms with Crippen LogP contribution in [0.4, 0.5) is 0 Å². The summed E-state index contributed by atoms with van der Waals surface area (Å²) in [6.07, 6.45) is 5.02. The van der Waals surface area contributed by atoms with Gasteiger partial charge in [0.25, 0.3) is 0 Å². The minimum absolute atomic E-state index is 0.0330. The highest BCUT2D eigenvalue weighted by atomic mass is 32.2. The molecule has 30 heavy (non-hydrogen) atoms. The molecule has 0 bridgehead atoms. The Bertz CT molecular complexity index is 1260. The van der Waals surface area contributed by atoms with Crippen molar-refractivity contribution in [3.8, 4) is 5.75 Å². The monoisotopic (exact) mass is 432 g/mol. The Morgan fingerprint density at radius 3 is 2.50 bits per heavy atom. The summed E-state index contributed by atoms with van der Waals surface area (Å²) >= 11 is 0. The van der Waals surface area contributed by atoms with Gasteiger partial charge in [0.15, 0.2) is 21.2 Å². The van der Waals surface area contributed by atoms with Gasteiger partial charge in [0, 0.05) is 12.3 Å². The standard InChI is InChI=1S/C22H24O7S/c1-4-5-6-7-10-28-19-13-15(30(3,25)26)12-17-20(23)16-11-14(22(24)27-2)8-9-18(16)29-21(17)19/h8-9,11-13H,4-7,10H2,1-3H3. The van der Waals surface area contributed by atoms with Crippen LogP contribution in [0.15, 0.2) is 44.4 Å². The number of rotatable bonds is 8. The highest BCUT2D eigenvalue weighted by molar-refractivity contribution is 7.90. The molecule has 160 valence electrons. The van der Waals surface area contributed by atoms with Crippen LogP contribution >= 0.6 is 0 Å². The fourth-order valence-electron chi connectivity index (χ4n) is 3.18. The minimum atomic E-state index is -3.59. The third-order valence-corrected chi connectivity index (χ3v) is 5.91. The number of benzene rings is 2. The van der Waals surface area contributed by atoms with E-state index in [9.17, 15) is 18.0 Å².